The number of methoxy groups -OCH3 is 1. The van der Waals surface area contributed by atoms with Crippen LogP contribution in [0.25, 0.3) is 0 Å². The fourth-order valence-electron chi connectivity index (χ4n) is 1.30. The fourth-order valence-corrected chi connectivity index (χ4v) is 2.09. The van der Waals surface area contributed by atoms with E-state index in [1.807, 2.05) is 0 Å². The third-order valence-electron chi connectivity index (χ3n) is 2.12. The van der Waals surface area contributed by atoms with E-state index in [1.165, 1.54) is 0 Å². The van der Waals surface area contributed by atoms with E-state index in [2.05, 4.69) is 42.2 Å². The zero-order valence-electron chi connectivity index (χ0n) is 9.45. The standard InChI is InChI=1S/C11H14Br2N2O2/c1-17-7-9(4-5-12)15-11(16)10-3-2-8(13)6-14-10/h2-3,6,9H,4-5,7H2,1H3,(H,15,16). The van der Waals surface area contributed by atoms with Crippen molar-refractivity contribution >= 4 is 37.8 Å². The molecule has 0 aromatic carbocycles. The van der Waals surface area contributed by atoms with Crippen molar-refractivity contribution in [2.45, 2.75) is 12.5 Å². The molecule has 1 N–H and O–H groups in total. The van der Waals surface area contributed by atoms with Crippen LogP contribution in [0.4, 0.5) is 0 Å². The zero-order valence-corrected chi connectivity index (χ0v) is 12.6. The van der Waals surface area contributed by atoms with Gasteiger partial charge in [0.25, 0.3) is 5.91 Å². The quantitative estimate of drug-likeness (QED) is 0.787. The highest BCUT2D eigenvalue weighted by atomic mass is 79.9. The Morgan fingerprint density at radius 2 is 2.35 bits per heavy atom. The molecule has 1 atom stereocenters. The van der Waals surface area contributed by atoms with E-state index >= 15 is 0 Å². The van der Waals surface area contributed by atoms with Crippen LogP contribution < -0.4 is 5.32 Å². The van der Waals surface area contributed by atoms with Gasteiger partial charge in [-0.2, -0.15) is 0 Å². The molecule has 0 aliphatic heterocycles. The lowest BCUT2D eigenvalue weighted by Crippen LogP contribution is -2.38. The summed E-state index contributed by atoms with van der Waals surface area (Å²) in [5, 5.41) is 3.70. The molecule has 94 valence electrons. The highest BCUT2D eigenvalue weighted by molar-refractivity contribution is 9.10. The summed E-state index contributed by atoms with van der Waals surface area (Å²) in [7, 11) is 1.62. The number of pyridine rings is 1. The molecule has 1 aromatic rings. The predicted molar refractivity (Wildman–Crippen MR) is 73.5 cm³/mol. The topological polar surface area (TPSA) is 51.2 Å². The number of nitrogens with zero attached hydrogens (tertiary/aromatic N) is 1. The number of aromatic nitrogens is 1. The van der Waals surface area contributed by atoms with Gasteiger partial charge in [-0.15, -0.1) is 0 Å². The zero-order chi connectivity index (χ0) is 12.7. The van der Waals surface area contributed by atoms with Gasteiger partial charge in [-0.1, -0.05) is 15.9 Å². The SMILES string of the molecule is COCC(CCBr)NC(=O)c1ccc(Br)cn1. The van der Waals surface area contributed by atoms with Gasteiger partial charge in [-0.25, -0.2) is 4.98 Å². The minimum absolute atomic E-state index is 0.00248. The second-order valence-corrected chi connectivity index (χ2v) is 5.17. The van der Waals surface area contributed by atoms with Crippen molar-refractivity contribution in [2.75, 3.05) is 19.0 Å². The van der Waals surface area contributed by atoms with Crippen LogP contribution in [-0.2, 0) is 4.74 Å². The maximum atomic E-state index is 11.9. The molecule has 4 nitrogen and oxygen atoms in total. The predicted octanol–water partition coefficient (Wildman–Crippen LogP) is 2.37. The molecule has 0 fully saturated rings. The number of carbonyl (C=O) groups is 1. The molecule has 0 bridgehead atoms. The Labute approximate surface area is 117 Å². The Morgan fingerprint density at radius 3 is 2.88 bits per heavy atom. The highest BCUT2D eigenvalue weighted by Gasteiger charge is 2.13. The van der Waals surface area contributed by atoms with Crippen molar-refractivity contribution in [2.24, 2.45) is 0 Å². The molecule has 0 radical (unpaired) electrons. The van der Waals surface area contributed by atoms with Gasteiger partial charge in [-0.05, 0) is 34.5 Å². The second kappa shape index (κ2) is 7.79. The molecule has 1 aromatic heterocycles. The van der Waals surface area contributed by atoms with Crippen LogP contribution in [0.1, 0.15) is 16.9 Å². The lowest BCUT2D eigenvalue weighted by atomic mass is 10.2. The van der Waals surface area contributed by atoms with E-state index in [9.17, 15) is 4.79 Å². The van der Waals surface area contributed by atoms with E-state index in [0.29, 0.717) is 12.3 Å². The molecular formula is C11H14Br2N2O2. The molecule has 0 aliphatic rings. The molecule has 0 saturated carbocycles. The molecule has 1 amide bonds. The largest absolute Gasteiger partial charge is 0.383 e. The third kappa shape index (κ3) is 5.14. The molecule has 1 rings (SSSR count). The van der Waals surface area contributed by atoms with Crippen molar-refractivity contribution in [3.8, 4) is 0 Å². The normalized spacial score (nSPS) is 12.2. The van der Waals surface area contributed by atoms with E-state index in [1.54, 1.807) is 25.4 Å². The van der Waals surface area contributed by atoms with Gasteiger partial charge >= 0.3 is 0 Å². The number of halogens is 2. The Bertz CT molecular complexity index is 351. The van der Waals surface area contributed by atoms with Crippen molar-refractivity contribution in [1.29, 1.82) is 0 Å². The van der Waals surface area contributed by atoms with E-state index < -0.39 is 0 Å². The first-order chi connectivity index (χ1) is 8.17. The van der Waals surface area contributed by atoms with Crippen molar-refractivity contribution in [3.63, 3.8) is 0 Å². The molecule has 0 saturated heterocycles. The maximum absolute atomic E-state index is 11.9. The lowest BCUT2D eigenvalue weighted by Gasteiger charge is -2.16. The van der Waals surface area contributed by atoms with Crippen molar-refractivity contribution in [1.82, 2.24) is 10.3 Å². The van der Waals surface area contributed by atoms with Crippen LogP contribution in [0.3, 0.4) is 0 Å². The Morgan fingerprint density at radius 1 is 1.59 bits per heavy atom. The molecule has 0 spiro atoms. The summed E-state index contributed by atoms with van der Waals surface area (Å²) in [4.78, 5) is 15.9. The summed E-state index contributed by atoms with van der Waals surface area (Å²) in [6, 6.07) is 3.46. The van der Waals surface area contributed by atoms with Crippen LogP contribution in [0, 0.1) is 0 Å². The average Bonchev–Trinajstić information content (AvgIpc) is 2.30. The van der Waals surface area contributed by atoms with E-state index in [4.69, 9.17) is 4.74 Å². The van der Waals surface area contributed by atoms with Crippen LogP contribution in [0.2, 0.25) is 0 Å². The van der Waals surface area contributed by atoms with Crippen molar-refractivity contribution in [3.05, 3.63) is 28.5 Å². The number of nitrogens with one attached hydrogen (secondary N) is 1. The first-order valence-electron chi connectivity index (χ1n) is 5.14. The number of carbonyl (C=O) groups excluding carboxylic acids is 1. The molecule has 1 heterocycles. The Balaban J connectivity index is 2.60. The summed E-state index contributed by atoms with van der Waals surface area (Å²) in [6.45, 7) is 0.494. The van der Waals surface area contributed by atoms with Crippen LogP contribution in [0.15, 0.2) is 22.8 Å². The molecule has 0 aliphatic carbocycles. The number of hydrogen-bond acceptors (Lipinski definition) is 3. The van der Waals surface area contributed by atoms with E-state index in [0.717, 1.165) is 16.2 Å². The first-order valence-corrected chi connectivity index (χ1v) is 7.06. The summed E-state index contributed by atoms with van der Waals surface area (Å²) in [5.74, 6) is -0.180. The summed E-state index contributed by atoms with van der Waals surface area (Å²) in [6.07, 6.45) is 2.42. The molecule has 17 heavy (non-hydrogen) atoms. The average molecular weight is 366 g/mol. The van der Waals surface area contributed by atoms with Crippen molar-refractivity contribution < 1.29 is 9.53 Å². The minimum atomic E-state index is -0.180. The third-order valence-corrected chi connectivity index (χ3v) is 3.05. The fraction of sp³-hybridized carbons (Fsp3) is 0.455. The Hall–Kier alpha value is -0.460. The van der Waals surface area contributed by atoms with Gasteiger partial charge in [0.15, 0.2) is 0 Å². The summed E-state index contributed by atoms with van der Waals surface area (Å²) >= 11 is 6.62. The summed E-state index contributed by atoms with van der Waals surface area (Å²) in [5.41, 5.74) is 0.406. The number of hydrogen-bond donors (Lipinski definition) is 1. The number of alkyl halides is 1. The van der Waals surface area contributed by atoms with Gasteiger partial charge < -0.3 is 10.1 Å². The molecular weight excluding hydrogens is 352 g/mol. The monoisotopic (exact) mass is 364 g/mol. The van der Waals surface area contributed by atoms with Gasteiger partial charge in [0.2, 0.25) is 0 Å². The van der Waals surface area contributed by atoms with Crippen LogP contribution in [0.5, 0.6) is 0 Å². The van der Waals surface area contributed by atoms with Crippen LogP contribution in [-0.4, -0.2) is 36.0 Å². The second-order valence-electron chi connectivity index (χ2n) is 3.47. The van der Waals surface area contributed by atoms with Gasteiger partial charge in [0, 0.05) is 23.1 Å². The summed E-state index contributed by atoms with van der Waals surface area (Å²) < 4.78 is 5.90. The van der Waals surface area contributed by atoms with Crippen LogP contribution >= 0.6 is 31.9 Å². The van der Waals surface area contributed by atoms with E-state index in [-0.39, 0.29) is 11.9 Å². The van der Waals surface area contributed by atoms with Gasteiger partial charge in [0.05, 0.1) is 12.6 Å². The smallest absolute Gasteiger partial charge is 0.270 e. The molecule has 1 unspecified atom stereocenters. The van der Waals surface area contributed by atoms with Gasteiger partial charge in [0.1, 0.15) is 5.69 Å². The number of amides is 1. The number of rotatable bonds is 6. The maximum Gasteiger partial charge on any atom is 0.270 e. The lowest BCUT2D eigenvalue weighted by molar-refractivity contribution is 0.0890. The van der Waals surface area contributed by atoms with Gasteiger partial charge in [-0.3, -0.25) is 4.79 Å². The highest BCUT2D eigenvalue weighted by Crippen LogP contribution is 2.07. The Kier molecular flexibility index (Phi) is 6.69. The molecule has 6 heteroatoms. The first kappa shape index (κ1) is 14.6. The number of ether oxygens (including phenoxy) is 1. The minimum Gasteiger partial charge on any atom is -0.383 e.